The molecule has 1 aromatic carbocycles. The Morgan fingerprint density at radius 1 is 1.38 bits per heavy atom. The molecule has 0 bridgehead atoms. The molecule has 1 heterocycles. The van der Waals surface area contributed by atoms with E-state index in [2.05, 4.69) is 59.1 Å². The second-order valence-corrected chi connectivity index (χ2v) is 5.64. The molecule has 1 unspecified atom stereocenters. The van der Waals surface area contributed by atoms with Gasteiger partial charge in [0.25, 0.3) is 0 Å². The second kappa shape index (κ2) is 5.87. The number of hydrogen-bond donors (Lipinski definition) is 1. The fourth-order valence-corrected chi connectivity index (χ4v) is 2.72. The smallest absolute Gasteiger partial charge is 0.0469 e. The molecule has 2 nitrogen and oxygen atoms in total. The SMILES string of the molecule is CC(Nc1cccc(I)c1)C1CCOCC1. The van der Waals surface area contributed by atoms with Gasteiger partial charge < -0.3 is 10.1 Å². The van der Waals surface area contributed by atoms with Gasteiger partial charge in [0.2, 0.25) is 0 Å². The van der Waals surface area contributed by atoms with Gasteiger partial charge in [-0.1, -0.05) is 6.07 Å². The highest BCUT2D eigenvalue weighted by Gasteiger charge is 2.20. The normalized spacial score (nSPS) is 19.4. The van der Waals surface area contributed by atoms with Gasteiger partial charge in [0, 0.05) is 28.5 Å². The third-order valence-electron chi connectivity index (χ3n) is 3.19. The molecule has 1 N–H and O–H groups in total. The Morgan fingerprint density at radius 2 is 2.12 bits per heavy atom. The van der Waals surface area contributed by atoms with Gasteiger partial charge in [-0.15, -0.1) is 0 Å². The zero-order valence-electron chi connectivity index (χ0n) is 9.58. The molecule has 0 radical (unpaired) electrons. The molecular weight excluding hydrogens is 313 g/mol. The molecule has 1 saturated heterocycles. The molecule has 1 atom stereocenters. The third-order valence-corrected chi connectivity index (χ3v) is 3.86. The molecular formula is C13H18INO. The van der Waals surface area contributed by atoms with Gasteiger partial charge in [0.15, 0.2) is 0 Å². The lowest BCUT2D eigenvalue weighted by Gasteiger charge is -2.29. The molecule has 0 aromatic heterocycles. The standard InChI is InChI=1S/C13H18INO/c1-10(11-5-7-16-8-6-11)15-13-4-2-3-12(14)9-13/h2-4,9-11,15H,5-8H2,1H3. The van der Waals surface area contributed by atoms with E-state index in [1.165, 1.54) is 22.1 Å². The van der Waals surface area contributed by atoms with E-state index in [0.29, 0.717) is 6.04 Å². The number of anilines is 1. The number of benzene rings is 1. The average molecular weight is 331 g/mol. The van der Waals surface area contributed by atoms with E-state index < -0.39 is 0 Å². The van der Waals surface area contributed by atoms with Crippen molar-refractivity contribution in [3.8, 4) is 0 Å². The van der Waals surface area contributed by atoms with E-state index in [-0.39, 0.29) is 0 Å². The highest BCUT2D eigenvalue weighted by Crippen LogP contribution is 2.22. The van der Waals surface area contributed by atoms with Crippen LogP contribution in [0.1, 0.15) is 19.8 Å². The molecule has 1 fully saturated rings. The van der Waals surface area contributed by atoms with Crippen molar-refractivity contribution in [2.75, 3.05) is 18.5 Å². The zero-order chi connectivity index (χ0) is 11.4. The Labute approximate surface area is 111 Å². The lowest BCUT2D eigenvalue weighted by molar-refractivity contribution is 0.0622. The number of halogens is 1. The summed E-state index contributed by atoms with van der Waals surface area (Å²) in [4.78, 5) is 0. The quantitative estimate of drug-likeness (QED) is 0.856. The van der Waals surface area contributed by atoms with E-state index in [1.807, 2.05) is 0 Å². The highest BCUT2D eigenvalue weighted by molar-refractivity contribution is 14.1. The molecule has 1 aliphatic heterocycles. The fourth-order valence-electron chi connectivity index (χ4n) is 2.17. The zero-order valence-corrected chi connectivity index (χ0v) is 11.7. The van der Waals surface area contributed by atoms with Crippen LogP contribution < -0.4 is 5.32 Å². The first-order valence-electron chi connectivity index (χ1n) is 5.85. The fraction of sp³-hybridized carbons (Fsp3) is 0.538. The van der Waals surface area contributed by atoms with Gasteiger partial charge >= 0.3 is 0 Å². The average Bonchev–Trinajstić information content (AvgIpc) is 2.30. The molecule has 0 saturated carbocycles. The molecule has 2 rings (SSSR count). The largest absolute Gasteiger partial charge is 0.382 e. The van der Waals surface area contributed by atoms with Crippen LogP contribution in [0.15, 0.2) is 24.3 Å². The summed E-state index contributed by atoms with van der Waals surface area (Å²) in [7, 11) is 0. The van der Waals surface area contributed by atoms with Crippen LogP contribution in [0.2, 0.25) is 0 Å². The first-order chi connectivity index (χ1) is 7.75. The Kier molecular flexibility index (Phi) is 4.46. The maximum atomic E-state index is 5.39. The van der Waals surface area contributed by atoms with Gasteiger partial charge in [-0.3, -0.25) is 0 Å². The van der Waals surface area contributed by atoms with Crippen LogP contribution in [-0.4, -0.2) is 19.3 Å². The molecule has 0 amide bonds. The molecule has 0 spiro atoms. The van der Waals surface area contributed by atoms with Gasteiger partial charge in [-0.2, -0.15) is 0 Å². The first kappa shape index (κ1) is 12.2. The van der Waals surface area contributed by atoms with Gasteiger partial charge in [-0.25, -0.2) is 0 Å². The van der Waals surface area contributed by atoms with Crippen molar-refractivity contribution in [1.82, 2.24) is 0 Å². The van der Waals surface area contributed by atoms with E-state index in [1.54, 1.807) is 0 Å². The Hall–Kier alpha value is -0.290. The molecule has 1 aliphatic rings. The summed E-state index contributed by atoms with van der Waals surface area (Å²) >= 11 is 2.35. The second-order valence-electron chi connectivity index (χ2n) is 4.39. The third kappa shape index (κ3) is 3.35. The van der Waals surface area contributed by atoms with Gasteiger partial charge in [-0.05, 0) is 66.5 Å². The van der Waals surface area contributed by atoms with E-state index in [0.717, 1.165) is 19.1 Å². The van der Waals surface area contributed by atoms with Crippen LogP contribution >= 0.6 is 22.6 Å². The Morgan fingerprint density at radius 3 is 2.81 bits per heavy atom. The lowest BCUT2D eigenvalue weighted by Crippen LogP contribution is -2.30. The predicted octanol–water partition coefficient (Wildman–Crippen LogP) is 3.52. The lowest BCUT2D eigenvalue weighted by atomic mass is 9.93. The van der Waals surface area contributed by atoms with Crippen molar-refractivity contribution in [2.45, 2.75) is 25.8 Å². The van der Waals surface area contributed by atoms with Crippen molar-refractivity contribution in [1.29, 1.82) is 0 Å². The van der Waals surface area contributed by atoms with E-state index >= 15 is 0 Å². The Balaban J connectivity index is 1.93. The molecule has 16 heavy (non-hydrogen) atoms. The summed E-state index contributed by atoms with van der Waals surface area (Å²) < 4.78 is 6.67. The number of hydrogen-bond acceptors (Lipinski definition) is 2. The highest BCUT2D eigenvalue weighted by atomic mass is 127. The minimum absolute atomic E-state index is 0.530. The summed E-state index contributed by atoms with van der Waals surface area (Å²) in [6.45, 7) is 4.11. The van der Waals surface area contributed by atoms with Gasteiger partial charge in [0.05, 0.1) is 0 Å². The van der Waals surface area contributed by atoms with Crippen molar-refractivity contribution in [2.24, 2.45) is 5.92 Å². The monoisotopic (exact) mass is 331 g/mol. The van der Waals surface area contributed by atoms with Crippen LogP contribution in [-0.2, 0) is 4.74 Å². The van der Waals surface area contributed by atoms with Crippen molar-refractivity contribution < 1.29 is 4.74 Å². The van der Waals surface area contributed by atoms with Crippen LogP contribution in [0.3, 0.4) is 0 Å². The van der Waals surface area contributed by atoms with Crippen molar-refractivity contribution in [3.05, 3.63) is 27.8 Å². The van der Waals surface area contributed by atoms with Crippen molar-refractivity contribution >= 4 is 28.3 Å². The minimum atomic E-state index is 0.530. The van der Waals surface area contributed by atoms with Crippen molar-refractivity contribution in [3.63, 3.8) is 0 Å². The molecule has 88 valence electrons. The number of rotatable bonds is 3. The topological polar surface area (TPSA) is 21.3 Å². The maximum absolute atomic E-state index is 5.39. The summed E-state index contributed by atoms with van der Waals surface area (Å²) in [5, 5.41) is 3.59. The molecule has 3 heteroatoms. The Bertz CT molecular complexity index is 336. The summed E-state index contributed by atoms with van der Waals surface area (Å²) in [5.41, 5.74) is 1.23. The van der Waals surface area contributed by atoms with Crippen LogP contribution in [0, 0.1) is 9.49 Å². The number of ether oxygens (including phenoxy) is 1. The number of nitrogens with one attached hydrogen (secondary N) is 1. The summed E-state index contributed by atoms with van der Waals surface area (Å²) in [6, 6.07) is 9.07. The maximum Gasteiger partial charge on any atom is 0.0469 e. The van der Waals surface area contributed by atoms with Crippen LogP contribution in [0.25, 0.3) is 0 Å². The first-order valence-corrected chi connectivity index (χ1v) is 6.93. The molecule has 1 aromatic rings. The summed E-state index contributed by atoms with van der Waals surface area (Å²) in [5.74, 6) is 0.742. The predicted molar refractivity (Wildman–Crippen MR) is 75.8 cm³/mol. The van der Waals surface area contributed by atoms with E-state index in [9.17, 15) is 0 Å². The summed E-state index contributed by atoms with van der Waals surface area (Å²) in [6.07, 6.45) is 2.36. The molecule has 0 aliphatic carbocycles. The van der Waals surface area contributed by atoms with E-state index in [4.69, 9.17) is 4.74 Å². The van der Waals surface area contributed by atoms with Gasteiger partial charge in [0.1, 0.15) is 0 Å². The minimum Gasteiger partial charge on any atom is -0.382 e. The van der Waals surface area contributed by atoms with Crippen LogP contribution in [0.4, 0.5) is 5.69 Å². The van der Waals surface area contributed by atoms with Crippen LogP contribution in [0.5, 0.6) is 0 Å².